The molecule has 1 aromatic rings. The van der Waals surface area contributed by atoms with Gasteiger partial charge in [0.05, 0.1) is 0 Å². The fraction of sp³-hybridized carbons (Fsp3) is 0.800. The van der Waals surface area contributed by atoms with Gasteiger partial charge in [0, 0.05) is 11.8 Å². The van der Waals surface area contributed by atoms with E-state index in [0.717, 1.165) is 24.6 Å². The number of aryl methyl sites for hydroxylation is 1. The lowest BCUT2D eigenvalue weighted by molar-refractivity contribution is 0.210. The highest BCUT2D eigenvalue weighted by molar-refractivity contribution is 5.06. The van der Waals surface area contributed by atoms with Crippen molar-refractivity contribution >= 4 is 0 Å². The summed E-state index contributed by atoms with van der Waals surface area (Å²) in [4.78, 5) is 0. The van der Waals surface area contributed by atoms with Crippen molar-refractivity contribution in [3.63, 3.8) is 0 Å². The minimum atomic E-state index is 0.193. The van der Waals surface area contributed by atoms with Gasteiger partial charge in [-0.15, -0.1) is 10.2 Å². The van der Waals surface area contributed by atoms with E-state index in [-0.39, 0.29) is 5.41 Å². The van der Waals surface area contributed by atoms with Crippen molar-refractivity contribution in [3.05, 3.63) is 11.8 Å². The van der Waals surface area contributed by atoms with Gasteiger partial charge < -0.3 is 4.42 Å². The lowest BCUT2D eigenvalue weighted by Gasteiger charge is -2.34. The third kappa shape index (κ3) is 1.47. The number of nitrogens with zero attached hydrogens (tertiary/aromatic N) is 2. The van der Waals surface area contributed by atoms with Gasteiger partial charge in [0.15, 0.2) is 0 Å². The van der Waals surface area contributed by atoms with E-state index in [2.05, 4.69) is 24.0 Å². The highest BCUT2D eigenvalue weighted by Crippen LogP contribution is 2.42. The predicted octanol–water partition coefficient (Wildman–Crippen LogP) is 2.46. The topological polar surface area (TPSA) is 38.9 Å². The van der Waals surface area contributed by atoms with Crippen molar-refractivity contribution in [3.8, 4) is 0 Å². The Bertz CT molecular complexity index is 289. The van der Waals surface area contributed by atoms with Crippen LogP contribution in [0.3, 0.4) is 0 Å². The Morgan fingerprint density at radius 1 is 1.38 bits per heavy atom. The Labute approximate surface area is 78.5 Å². The van der Waals surface area contributed by atoms with E-state index in [1.54, 1.807) is 0 Å². The molecule has 0 unspecified atom stereocenters. The molecule has 1 saturated carbocycles. The Morgan fingerprint density at radius 2 is 2.15 bits per heavy atom. The maximum atomic E-state index is 5.61. The molecule has 1 fully saturated rings. The number of aromatic nitrogens is 2. The van der Waals surface area contributed by atoms with Crippen LogP contribution in [0, 0.1) is 0 Å². The van der Waals surface area contributed by atoms with Gasteiger partial charge in [-0.1, -0.05) is 20.3 Å². The third-order valence-corrected chi connectivity index (χ3v) is 2.90. The van der Waals surface area contributed by atoms with E-state index in [0.29, 0.717) is 0 Å². The normalized spacial score (nSPS) is 19.8. The molecule has 72 valence electrons. The molecule has 0 spiro atoms. The quantitative estimate of drug-likeness (QED) is 0.717. The third-order valence-electron chi connectivity index (χ3n) is 2.90. The van der Waals surface area contributed by atoms with Crippen LogP contribution in [0.15, 0.2) is 4.42 Å². The molecule has 0 bridgehead atoms. The molecule has 0 amide bonds. The van der Waals surface area contributed by atoms with Gasteiger partial charge in [-0.2, -0.15) is 0 Å². The van der Waals surface area contributed by atoms with Crippen LogP contribution in [0.2, 0.25) is 0 Å². The summed E-state index contributed by atoms with van der Waals surface area (Å²) in [5, 5.41) is 8.15. The van der Waals surface area contributed by atoms with Crippen LogP contribution >= 0.6 is 0 Å². The smallest absolute Gasteiger partial charge is 0.222 e. The fourth-order valence-corrected chi connectivity index (χ4v) is 1.73. The van der Waals surface area contributed by atoms with Crippen LogP contribution in [-0.4, -0.2) is 10.2 Å². The van der Waals surface area contributed by atoms with E-state index >= 15 is 0 Å². The Hall–Kier alpha value is -0.860. The minimum absolute atomic E-state index is 0.193. The van der Waals surface area contributed by atoms with Gasteiger partial charge in [0.25, 0.3) is 0 Å². The Balaban J connectivity index is 2.12. The van der Waals surface area contributed by atoms with Crippen LogP contribution in [0.5, 0.6) is 0 Å². The van der Waals surface area contributed by atoms with Crippen molar-refractivity contribution in [2.75, 3.05) is 0 Å². The van der Waals surface area contributed by atoms with Crippen molar-refractivity contribution < 1.29 is 4.42 Å². The molecule has 0 aromatic carbocycles. The SMILES string of the molecule is CCCc1nnc(C2(C)CCC2)o1. The Kier molecular flexibility index (Phi) is 2.10. The fourth-order valence-electron chi connectivity index (χ4n) is 1.73. The lowest BCUT2D eigenvalue weighted by atomic mass is 9.70. The molecular formula is C10H16N2O. The second-order valence-electron chi connectivity index (χ2n) is 4.17. The second-order valence-corrected chi connectivity index (χ2v) is 4.17. The largest absolute Gasteiger partial charge is 0.425 e. The first-order valence-corrected chi connectivity index (χ1v) is 5.07. The maximum Gasteiger partial charge on any atom is 0.222 e. The first kappa shape index (κ1) is 8.73. The molecule has 1 heterocycles. The van der Waals surface area contributed by atoms with Crippen molar-refractivity contribution in [1.29, 1.82) is 0 Å². The molecule has 1 aliphatic carbocycles. The van der Waals surface area contributed by atoms with E-state index in [4.69, 9.17) is 4.42 Å². The van der Waals surface area contributed by atoms with Gasteiger partial charge in [-0.3, -0.25) is 0 Å². The van der Waals surface area contributed by atoms with E-state index in [9.17, 15) is 0 Å². The highest BCUT2D eigenvalue weighted by atomic mass is 16.4. The summed E-state index contributed by atoms with van der Waals surface area (Å²) in [6, 6.07) is 0. The highest BCUT2D eigenvalue weighted by Gasteiger charge is 2.38. The molecule has 3 heteroatoms. The van der Waals surface area contributed by atoms with E-state index in [1.165, 1.54) is 19.3 Å². The average molecular weight is 180 g/mol. The predicted molar refractivity (Wildman–Crippen MR) is 49.5 cm³/mol. The van der Waals surface area contributed by atoms with Crippen molar-refractivity contribution in [2.45, 2.75) is 51.4 Å². The zero-order valence-corrected chi connectivity index (χ0v) is 8.34. The van der Waals surface area contributed by atoms with Gasteiger partial charge in [-0.05, 0) is 19.3 Å². The van der Waals surface area contributed by atoms with Crippen LogP contribution in [0.1, 0.15) is 51.3 Å². The first-order valence-electron chi connectivity index (χ1n) is 5.07. The van der Waals surface area contributed by atoms with Gasteiger partial charge in [0.2, 0.25) is 11.8 Å². The summed E-state index contributed by atoms with van der Waals surface area (Å²) >= 11 is 0. The number of rotatable bonds is 3. The monoisotopic (exact) mass is 180 g/mol. The number of hydrogen-bond acceptors (Lipinski definition) is 3. The summed E-state index contributed by atoms with van der Waals surface area (Å²) in [6.07, 6.45) is 5.66. The van der Waals surface area contributed by atoms with Gasteiger partial charge in [-0.25, -0.2) is 0 Å². The molecule has 13 heavy (non-hydrogen) atoms. The first-order chi connectivity index (χ1) is 6.24. The molecule has 0 N–H and O–H groups in total. The van der Waals surface area contributed by atoms with E-state index in [1.807, 2.05) is 0 Å². The van der Waals surface area contributed by atoms with Crippen molar-refractivity contribution in [1.82, 2.24) is 10.2 Å². The zero-order chi connectivity index (χ0) is 9.31. The molecule has 0 radical (unpaired) electrons. The minimum Gasteiger partial charge on any atom is -0.425 e. The molecule has 0 aliphatic heterocycles. The summed E-state index contributed by atoms with van der Waals surface area (Å²) in [5.41, 5.74) is 0.193. The average Bonchev–Trinajstić information content (AvgIpc) is 2.50. The molecular weight excluding hydrogens is 164 g/mol. The number of hydrogen-bond donors (Lipinski definition) is 0. The zero-order valence-electron chi connectivity index (χ0n) is 8.34. The van der Waals surface area contributed by atoms with Crippen LogP contribution in [0.4, 0.5) is 0 Å². The molecule has 0 saturated heterocycles. The Morgan fingerprint density at radius 3 is 2.69 bits per heavy atom. The van der Waals surface area contributed by atoms with Gasteiger partial charge >= 0.3 is 0 Å². The summed E-state index contributed by atoms with van der Waals surface area (Å²) < 4.78 is 5.61. The van der Waals surface area contributed by atoms with Crippen LogP contribution in [-0.2, 0) is 11.8 Å². The van der Waals surface area contributed by atoms with Gasteiger partial charge in [0.1, 0.15) is 0 Å². The summed E-state index contributed by atoms with van der Waals surface area (Å²) in [5.74, 6) is 1.65. The molecule has 0 atom stereocenters. The lowest BCUT2D eigenvalue weighted by Crippen LogP contribution is -2.30. The second kappa shape index (κ2) is 3.13. The molecule has 3 nitrogen and oxygen atoms in total. The molecule has 1 aromatic heterocycles. The molecule has 2 rings (SSSR count). The summed E-state index contributed by atoms with van der Waals surface area (Å²) in [6.45, 7) is 4.33. The maximum absolute atomic E-state index is 5.61. The van der Waals surface area contributed by atoms with E-state index < -0.39 is 0 Å². The van der Waals surface area contributed by atoms with Crippen molar-refractivity contribution in [2.24, 2.45) is 0 Å². The summed E-state index contributed by atoms with van der Waals surface area (Å²) in [7, 11) is 0. The molecule has 1 aliphatic rings. The van der Waals surface area contributed by atoms with Crippen LogP contribution in [0.25, 0.3) is 0 Å². The van der Waals surface area contributed by atoms with Crippen LogP contribution < -0.4 is 0 Å². The standard InChI is InChI=1S/C10H16N2O/c1-3-5-8-11-12-9(13-8)10(2)6-4-7-10/h3-7H2,1-2H3.